The zero-order chi connectivity index (χ0) is 18.0. The number of ether oxygens (including phenoxy) is 1. The van der Waals surface area contributed by atoms with Crippen molar-refractivity contribution in [1.82, 2.24) is 4.90 Å². The minimum Gasteiger partial charge on any atom is -0.413 e. The molecule has 0 saturated carbocycles. The standard InChI is InChI=1S/C18H28BrNO3Si/c1-18(2,3)24(4,5)23-12-14-10-15(19)6-7-16(14)17-11-20(13-21)8-9-22-17/h6-7,10,13,17H,8-9,11-12H2,1-5H3. The molecule has 0 spiro atoms. The summed E-state index contributed by atoms with van der Waals surface area (Å²) in [6.45, 7) is 13.7. The van der Waals surface area contributed by atoms with Gasteiger partial charge in [0, 0.05) is 11.0 Å². The summed E-state index contributed by atoms with van der Waals surface area (Å²) in [6.07, 6.45) is 0.815. The fourth-order valence-electron chi connectivity index (χ4n) is 2.44. The fourth-order valence-corrected chi connectivity index (χ4v) is 3.80. The maximum absolute atomic E-state index is 11.1. The van der Waals surface area contributed by atoms with Gasteiger partial charge in [-0.1, -0.05) is 42.8 Å². The van der Waals surface area contributed by atoms with Crippen molar-refractivity contribution in [3.63, 3.8) is 0 Å². The monoisotopic (exact) mass is 413 g/mol. The van der Waals surface area contributed by atoms with Crippen LogP contribution in [0, 0.1) is 0 Å². The molecule has 0 N–H and O–H groups in total. The van der Waals surface area contributed by atoms with E-state index in [1.807, 2.05) is 6.07 Å². The second kappa shape index (κ2) is 7.68. The lowest BCUT2D eigenvalue weighted by Gasteiger charge is -2.37. The molecule has 0 bridgehead atoms. The lowest BCUT2D eigenvalue weighted by Crippen LogP contribution is -2.41. The minimum atomic E-state index is -1.82. The van der Waals surface area contributed by atoms with Crippen LogP contribution in [-0.2, 0) is 20.6 Å². The Bertz CT molecular complexity index is 586. The van der Waals surface area contributed by atoms with Gasteiger partial charge in [-0.15, -0.1) is 0 Å². The third-order valence-electron chi connectivity index (χ3n) is 5.09. The van der Waals surface area contributed by atoms with Crippen LogP contribution in [0.3, 0.4) is 0 Å². The van der Waals surface area contributed by atoms with Gasteiger partial charge in [0.1, 0.15) is 6.10 Å². The van der Waals surface area contributed by atoms with Crippen molar-refractivity contribution in [2.75, 3.05) is 19.7 Å². The van der Waals surface area contributed by atoms with Gasteiger partial charge in [0.15, 0.2) is 8.32 Å². The van der Waals surface area contributed by atoms with Gasteiger partial charge >= 0.3 is 0 Å². The first kappa shape index (κ1) is 19.6. The summed E-state index contributed by atoms with van der Waals surface area (Å²) in [5.41, 5.74) is 2.25. The highest BCUT2D eigenvalue weighted by Gasteiger charge is 2.37. The maximum atomic E-state index is 11.1. The van der Waals surface area contributed by atoms with Crippen molar-refractivity contribution in [3.8, 4) is 0 Å². The van der Waals surface area contributed by atoms with Crippen molar-refractivity contribution in [2.45, 2.75) is 51.6 Å². The number of nitrogens with zero attached hydrogens (tertiary/aromatic N) is 1. The maximum Gasteiger partial charge on any atom is 0.209 e. The van der Waals surface area contributed by atoms with Gasteiger partial charge in [-0.25, -0.2) is 0 Å². The second-order valence-corrected chi connectivity index (χ2v) is 13.6. The highest BCUT2D eigenvalue weighted by Crippen LogP contribution is 2.38. The summed E-state index contributed by atoms with van der Waals surface area (Å²) in [4.78, 5) is 12.9. The van der Waals surface area contributed by atoms with Crippen LogP contribution in [-0.4, -0.2) is 39.3 Å². The molecule has 1 amide bonds. The first-order chi connectivity index (χ1) is 11.1. The Morgan fingerprint density at radius 1 is 1.42 bits per heavy atom. The quantitative estimate of drug-likeness (QED) is 0.526. The summed E-state index contributed by atoms with van der Waals surface area (Å²) in [6, 6.07) is 6.20. The Hall–Kier alpha value is -0.693. The first-order valence-electron chi connectivity index (χ1n) is 8.37. The smallest absolute Gasteiger partial charge is 0.209 e. The average molecular weight is 414 g/mol. The second-order valence-electron chi connectivity index (χ2n) is 7.85. The molecule has 0 radical (unpaired) electrons. The third-order valence-corrected chi connectivity index (χ3v) is 10.1. The minimum absolute atomic E-state index is 0.0879. The van der Waals surface area contributed by atoms with Crippen molar-refractivity contribution in [3.05, 3.63) is 33.8 Å². The van der Waals surface area contributed by atoms with Crippen LogP contribution in [0.1, 0.15) is 38.0 Å². The Morgan fingerprint density at radius 2 is 2.12 bits per heavy atom. The van der Waals surface area contributed by atoms with Crippen LogP contribution < -0.4 is 0 Å². The number of hydrogen-bond acceptors (Lipinski definition) is 3. The number of hydrogen-bond donors (Lipinski definition) is 0. The number of carbonyl (C=O) groups excluding carboxylic acids is 1. The molecule has 0 aromatic heterocycles. The van der Waals surface area contributed by atoms with E-state index in [2.05, 4.69) is 61.9 Å². The predicted molar refractivity (Wildman–Crippen MR) is 102 cm³/mol. The third kappa shape index (κ3) is 4.68. The lowest BCUT2D eigenvalue weighted by molar-refractivity contribution is -0.125. The molecule has 1 fully saturated rings. The zero-order valence-electron chi connectivity index (χ0n) is 15.3. The van der Waals surface area contributed by atoms with Crippen LogP contribution in [0.25, 0.3) is 0 Å². The van der Waals surface area contributed by atoms with E-state index in [0.717, 1.165) is 22.0 Å². The molecule has 4 nitrogen and oxygen atoms in total. The van der Waals surface area contributed by atoms with Crippen LogP contribution in [0.2, 0.25) is 18.1 Å². The number of rotatable bonds is 5. The van der Waals surface area contributed by atoms with Gasteiger partial charge in [-0.2, -0.15) is 0 Å². The molecule has 1 unspecified atom stereocenters. The van der Waals surface area contributed by atoms with Crippen LogP contribution in [0.5, 0.6) is 0 Å². The van der Waals surface area contributed by atoms with Crippen LogP contribution >= 0.6 is 15.9 Å². The van der Waals surface area contributed by atoms with Crippen molar-refractivity contribution in [1.29, 1.82) is 0 Å². The Morgan fingerprint density at radius 3 is 2.75 bits per heavy atom. The number of amides is 1. The molecular weight excluding hydrogens is 386 g/mol. The molecule has 134 valence electrons. The summed E-state index contributed by atoms with van der Waals surface area (Å²) < 4.78 is 13.3. The molecule has 24 heavy (non-hydrogen) atoms. The SMILES string of the molecule is CC(C)(C)[Si](C)(C)OCc1cc(Br)ccc1C1CN(C=O)CCO1. The van der Waals surface area contributed by atoms with Gasteiger partial charge in [0.2, 0.25) is 6.41 Å². The van der Waals surface area contributed by atoms with Crippen LogP contribution in [0.15, 0.2) is 22.7 Å². The molecule has 0 aliphatic carbocycles. The van der Waals surface area contributed by atoms with Crippen molar-refractivity contribution in [2.24, 2.45) is 0 Å². The summed E-state index contributed by atoms with van der Waals surface area (Å²) in [5, 5.41) is 0.175. The van der Waals surface area contributed by atoms with E-state index in [1.165, 1.54) is 0 Å². The summed E-state index contributed by atoms with van der Waals surface area (Å²) in [5.74, 6) is 0. The lowest BCUT2D eigenvalue weighted by atomic mass is 10.0. The van der Waals surface area contributed by atoms with E-state index in [0.29, 0.717) is 26.3 Å². The largest absolute Gasteiger partial charge is 0.413 e. The molecule has 2 rings (SSSR count). The van der Waals surface area contributed by atoms with Gasteiger partial charge in [-0.05, 0) is 41.4 Å². The van der Waals surface area contributed by atoms with E-state index < -0.39 is 8.32 Å². The topological polar surface area (TPSA) is 38.8 Å². The van der Waals surface area contributed by atoms with Crippen LogP contribution in [0.4, 0.5) is 0 Å². The molecule has 1 aliphatic rings. The Labute approximate surface area is 154 Å². The fraction of sp³-hybridized carbons (Fsp3) is 0.611. The van der Waals surface area contributed by atoms with Gasteiger partial charge in [-0.3, -0.25) is 4.79 Å². The normalized spacial score (nSPS) is 19.4. The van der Waals surface area contributed by atoms with E-state index in [-0.39, 0.29) is 11.1 Å². The van der Waals surface area contributed by atoms with Gasteiger partial charge < -0.3 is 14.1 Å². The van der Waals surface area contributed by atoms with E-state index in [9.17, 15) is 4.79 Å². The average Bonchev–Trinajstić information content (AvgIpc) is 2.52. The van der Waals surface area contributed by atoms with Crippen molar-refractivity contribution < 1.29 is 14.0 Å². The first-order valence-corrected chi connectivity index (χ1v) is 12.1. The van der Waals surface area contributed by atoms with Crippen molar-refractivity contribution >= 4 is 30.7 Å². The Balaban J connectivity index is 2.20. The highest BCUT2D eigenvalue weighted by atomic mass is 79.9. The molecule has 1 aromatic carbocycles. The summed E-state index contributed by atoms with van der Waals surface area (Å²) >= 11 is 3.55. The molecular formula is C18H28BrNO3Si. The molecule has 1 atom stereocenters. The summed E-state index contributed by atoms with van der Waals surface area (Å²) in [7, 11) is -1.82. The molecule has 1 heterocycles. The van der Waals surface area contributed by atoms with E-state index >= 15 is 0 Å². The predicted octanol–water partition coefficient (Wildman–Crippen LogP) is 4.50. The number of morpholine rings is 1. The number of benzene rings is 1. The van der Waals surface area contributed by atoms with E-state index in [1.54, 1.807) is 4.90 Å². The molecule has 6 heteroatoms. The Kier molecular flexibility index (Phi) is 6.28. The van der Waals surface area contributed by atoms with Gasteiger partial charge in [0.05, 0.1) is 19.8 Å². The highest BCUT2D eigenvalue weighted by molar-refractivity contribution is 9.10. The zero-order valence-corrected chi connectivity index (χ0v) is 17.9. The van der Waals surface area contributed by atoms with Gasteiger partial charge in [0.25, 0.3) is 0 Å². The number of carbonyl (C=O) groups is 1. The molecule has 1 aromatic rings. The number of halogens is 1. The van der Waals surface area contributed by atoms with E-state index in [4.69, 9.17) is 9.16 Å². The molecule has 1 aliphatic heterocycles. The molecule has 1 saturated heterocycles.